The second-order valence-electron chi connectivity index (χ2n) is 4.26. The molecule has 0 unspecified atom stereocenters. The SMILES string of the molecule is Nc1ccc(NCCNS(=O)(=O)c2ccccc2)cc1. The fourth-order valence-corrected chi connectivity index (χ4v) is 2.73. The Morgan fingerprint density at radius 2 is 1.55 bits per heavy atom. The van der Waals surface area contributed by atoms with Crippen molar-refractivity contribution in [2.24, 2.45) is 0 Å². The molecule has 0 atom stereocenters. The highest BCUT2D eigenvalue weighted by molar-refractivity contribution is 7.89. The predicted molar refractivity (Wildman–Crippen MR) is 81.0 cm³/mol. The average Bonchev–Trinajstić information content (AvgIpc) is 2.46. The Morgan fingerprint density at radius 3 is 2.20 bits per heavy atom. The Balaban J connectivity index is 1.83. The topological polar surface area (TPSA) is 84.2 Å². The van der Waals surface area contributed by atoms with Crippen LogP contribution in [0.15, 0.2) is 59.5 Å². The first-order valence-electron chi connectivity index (χ1n) is 6.22. The summed E-state index contributed by atoms with van der Waals surface area (Å²) in [5, 5.41) is 3.11. The number of hydrogen-bond acceptors (Lipinski definition) is 4. The van der Waals surface area contributed by atoms with Crippen molar-refractivity contribution in [3.05, 3.63) is 54.6 Å². The summed E-state index contributed by atoms with van der Waals surface area (Å²) in [5.74, 6) is 0. The van der Waals surface area contributed by atoms with Crippen molar-refractivity contribution in [1.82, 2.24) is 4.72 Å². The minimum absolute atomic E-state index is 0.271. The van der Waals surface area contributed by atoms with Crippen LogP contribution in [0.5, 0.6) is 0 Å². The molecule has 2 aromatic rings. The average molecular weight is 291 g/mol. The van der Waals surface area contributed by atoms with Crippen LogP contribution in [0.25, 0.3) is 0 Å². The van der Waals surface area contributed by atoms with Crippen LogP contribution in [0.2, 0.25) is 0 Å². The van der Waals surface area contributed by atoms with E-state index in [2.05, 4.69) is 10.0 Å². The molecule has 0 bridgehead atoms. The van der Waals surface area contributed by atoms with Crippen LogP contribution in [-0.4, -0.2) is 21.5 Å². The summed E-state index contributed by atoms with van der Waals surface area (Å²) in [6, 6.07) is 15.6. The molecule has 0 aliphatic rings. The molecule has 5 nitrogen and oxygen atoms in total. The van der Waals surface area contributed by atoms with E-state index in [0.29, 0.717) is 18.8 Å². The molecular formula is C14H17N3O2S. The van der Waals surface area contributed by atoms with Gasteiger partial charge in [-0.1, -0.05) is 18.2 Å². The number of nitrogen functional groups attached to an aromatic ring is 1. The maximum Gasteiger partial charge on any atom is 0.240 e. The van der Waals surface area contributed by atoms with Crippen LogP contribution in [-0.2, 0) is 10.0 Å². The number of sulfonamides is 1. The van der Waals surface area contributed by atoms with E-state index in [4.69, 9.17) is 5.73 Å². The summed E-state index contributed by atoms with van der Waals surface area (Å²) < 4.78 is 26.4. The van der Waals surface area contributed by atoms with Crippen molar-refractivity contribution in [3.8, 4) is 0 Å². The van der Waals surface area contributed by atoms with Gasteiger partial charge in [-0.2, -0.15) is 0 Å². The normalized spacial score (nSPS) is 11.2. The van der Waals surface area contributed by atoms with E-state index < -0.39 is 10.0 Å². The van der Waals surface area contributed by atoms with Gasteiger partial charge in [0.05, 0.1) is 4.90 Å². The Kier molecular flexibility index (Phi) is 4.60. The predicted octanol–water partition coefficient (Wildman–Crippen LogP) is 1.66. The van der Waals surface area contributed by atoms with Gasteiger partial charge in [0.15, 0.2) is 0 Å². The Hall–Kier alpha value is -2.05. The smallest absolute Gasteiger partial charge is 0.240 e. The Labute approximate surface area is 118 Å². The maximum absolute atomic E-state index is 11.9. The molecule has 20 heavy (non-hydrogen) atoms. The fraction of sp³-hybridized carbons (Fsp3) is 0.143. The van der Waals surface area contributed by atoms with Crippen LogP contribution in [0.4, 0.5) is 11.4 Å². The summed E-state index contributed by atoms with van der Waals surface area (Å²) in [4.78, 5) is 0.271. The molecule has 4 N–H and O–H groups in total. The molecule has 0 heterocycles. The molecule has 0 saturated carbocycles. The van der Waals surface area contributed by atoms with Gasteiger partial charge in [0, 0.05) is 24.5 Å². The molecule has 0 spiro atoms. The number of hydrogen-bond donors (Lipinski definition) is 3. The number of benzene rings is 2. The van der Waals surface area contributed by atoms with E-state index in [1.807, 2.05) is 12.1 Å². The third-order valence-corrected chi connectivity index (χ3v) is 4.19. The van der Waals surface area contributed by atoms with Crippen LogP contribution >= 0.6 is 0 Å². The molecule has 2 aromatic carbocycles. The van der Waals surface area contributed by atoms with Gasteiger partial charge >= 0.3 is 0 Å². The lowest BCUT2D eigenvalue weighted by atomic mass is 10.3. The minimum Gasteiger partial charge on any atom is -0.399 e. The number of nitrogens with one attached hydrogen (secondary N) is 2. The first-order valence-corrected chi connectivity index (χ1v) is 7.70. The summed E-state index contributed by atoms with van der Waals surface area (Å²) in [6.07, 6.45) is 0. The van der Waals surface area contributed by atoms with Gasteiger partial charge in [0.2, 0.25) is 10.0 Å². The van der Waals surface area contributed by atoms with Crippen molar-refractivity contribution in [3.63, 3.8) is 0 Å². The lowest BCUT2D eigenvalue weighted by molar-refractivity contribution is 0.583. The van der Waals surface area contributed by atoms with Gasteiger partial charge in [-0.15, -0.1) is 0 Å². The molecule has 6 heteroatoms. The molecule has 0 amide bonds. The van der Waals surface area contributed by atoms with Gasteiger partial charge in [-0.25, -0.2) is 13.1 Å². The summed E-state index contributed by atoms with van der Waals surface area (Å²) in [5.41, 5.74) is 7.18. The van der Waals surface area contributed by atoms with Crippen molar-refractivity contribution >= 4 is 21.4 Å². The Bertz CT molecular complexity index is 640. The van der Waals surface area contributed by atoms with Crippen LogP contribution in [0.3, 0.4) is 0 Å². The zero-order valence-corrected chi connectivity index (χ0v) is 11.7. The third kappa shape index (κ3) is 3.97. The molecule has 0 radical (unpaired) electrons. The van der Waals surface area contributed by atoms with Gasteiger partial charge in [0.1, 0.15) is 0 Å². The molecule has 0 aromatic heterocycles. The van der Waals surface area contributed by atoms with Gasteiger partial charge < -0.3 is 11.1 Å². The highest BCUT2D eigenvalue weighted by Crippen LogP contribution is 2.10. The van der Waals surface area contributed by atoms with Crippen LogP contribution < -0.4 is 15.8 Å². The molecule has 106 valence electrons. The maximum atomic E-state index is 11.9. The third-order valence-electron chi connectivity index (χ3n) is 2.71. The largest absolute Gasteiger partial charge is 0.399 e. The van der Waals surface area contributed by atoms with E-state index in [1.165, 1.54) is 0 Å². The van der Waals surface area contributed by atoms with Crippen LogP contribution in [0.1, 0.15) is 0 Å². The lowest BCUT2D eigenvalue weighted by Crippen LogP contribution is -2.28. The van der Waals surface area contributed by atoms with E-state index >= 15 is 0 Å². The van der Waals surface area contributed by atoms with Gasteiger partial charge in [0.25, 0.3) is 0 Å². The molecule has 0 aliphatic carbocycles. The second kappa shape index (κ2) is 6.40. The minimum atomic E-state index is -3.43. The van der Waals surface area contributed by atoms with E-state index in [0.717, 1.165) is 5.69 Å². The molecule has 0 aliphatic heterocycles. The number of nitrogens with two attached hydrogens (primary N) is 1. The van der Waals surface area contributed by atoms with E-state index in [-0.39, 0.29) is 4.90 Å². The van der Waals surface area contributed by atoms with Crippen molar-refractivity contribution in [1.29, 1.82) is 0 Å². The zero-order chi connectivity index (χ0) is 14.4. The molecule has 0 saturated heterocycles. The fourth-order valence-electron chi connectivity index (χ4n) is 1.68. The summed E-state index contributed by atoms with van der Waals surface area (Å²) >= 11 is 0. The van der Waals surface area contributed by atoms with E-state index in [1.54, 1.807) is 42.5 Å². The number of anilines is 2. The highest BCUT2D eigenvalue weighted by Gasteiger charge is 2.11. The Morgan fingerprint density at radius 1 is 0.900 bits per heavy atom. The molecular weight excluding hydrogens is 274 g/mol. The van der Waals surface area contributed by atoms with E-state index in [9.17, 15) is 8.42 Å². The van der Waals surface area contributed by atoms with Gasteiger partial charge in [-0.3, -0.25) is 0 Å². The lowest BCUT2D eigenvalue weighted by Gasteiger charge is -2.09. The molecule has 2 rings (SSSR count). The first kappa shape index (κ1) is 14.4. The van der Waals surface area contributed by atoms with Gasteiger partial charge in [-0.05, 0) is 36.4 Å². The highest BCUT2D eigenvalue weighted by atomic mass is 32.2. The monoisotopic (exact) mass is 291 g/mol. The summed E-state index contributed by atoms with van der Waals surface area (Å²) in [7, 11) is -3.43. The summed E-state index contributed by atoms with van der Waals surface area (Å²) in [6.45, 7) is 0.803. The van der Waals surface area contributed by atoms with Crippen molar-refractivity contribution in [2.75, 3.05) is 24.1 Å². The molecule has 0 fully saturated rings. The zero-order valence-electron chi connectivity index (χ0n) is 10.9. The number of rotatable bonds is 6. The quantitative estimate of drug-likeness (QED) is 0.558. The first-order chi connectivity index (χ1) is 9.58. The second-order valence-corrected chi connectivity index (χ2v) is 6.03. The van der Waals surface area contributed by atoms with Crippen molar-refractivity contribution < 1.29 is 8.42 Å². The van der Waals surface area contributed by atoms with Crippen molar-refractivity contribution in [2.45, 2.75) is 4.90 Å². The van der Waals surface area contributed by atoms with Crippen LogP contribution in [0, 0.1) is 0 Å². The standard InChI is InChI=1S/C14H17N3O2S/c15-12-6-8-13(9-7-12)16-10-11-17-20(18,19)14-4-2-1-3-5-14/h1-9,16-17H,10-11,15H2.